The lowest BCUT2D eigenvalue weighted by molar-refractivity contribution is -0.150. The van der Waals surface area contributed by atoms with Gasteiger partial charge >= 0.3 is 5.97 Å². The van der Waals surface area contributed by atoms with Crippen molar-refractivity contribution in [2.45, 2.75) is 25.4 Å². The van der Waals surface area contributed by atoms with E-state index < -0.39 is 17.5 Å². The first-order valence-electron chi connectivity index (χ1n) is 6.59. The van der Waals surface area contributed by atoms with Crippen LogP contribution in [0.5, 0.6) is 0 Å². The number of fused-ring (bicyclic) bond motifs is 1. The van der Waals surface area contributed by atoms with E-state index in [-0.39, 0.29) is 18.4 Å². The quantitative estimate of drug-likeness (QED) is 0.781. The molecule has 2 rings (SSSR count). The third-order valence-electron chi connectivity index (χ3n) is 4.49. The van der Waals surface area contributed by atoms with Gasteiger partial charge in [0.25, 0.3) is 5.91 Å². The molecule has 2 aliphatic rings. The monoisotopic (exact) mass is 271 g/mol. The minimum absolute atomic E-state index is 0.0778. The Hall–Kier alpha value is -1.14. The summed E-state index contributed by atoms with van der Waals surface area (Å²) in [6, 6.07) is 0. The fraction of sp³-hybridized carbons (Fsp3) is 0.846. The second-order valence-corrected chi connectivity index (χ2v) is 5.45. The first-order chi connectivity index (χ1) is 9.05. The number of ether oxygens (including phenoxy) is 2. The highest BCUT2D eigenvalue weighted by Crippen LogP contribution is 2.48. The van der Waals surface area contributed by atoms with Crippen molar-refractivity contribution in [3.8, 4) is 0 Å². The fourth-order valence-electron chi connectivity index (χ4n) is 3.40. The van der Waals surface area contributed by atoms with Crippen LogP contribution in [-0.2, 0) is 19.1 Å². The van der Waals surface area contributed by atoms with E-state index in [2.05, 4.69) is 0 Å². The minimum atomic E-state index is -0.772. The van der Waals surface area contributed by atoms with Gasteiger partial charge in [0, 0.05) is 27.3 Å². The highest BCUT2D eigenvalue weighted by atomic mass is 16.5. The first-order valence-corrected chi connectivity index (χ1v) is 6.59. The van der Waals surface area contributed by atoms with Gasteiger partial charge in [0.2, 0.25) is 0 Å². The van der Waals surface area contributed by atoms with Gasteiger partial charge in [-0.25, -0.2) is 0 Å². The topological polar surface area (TPSA) is 76.1 Å². The molecule has 1 heterocycles. The lowest BCUT2D eigenvalue weighted by Gasteiger charge is -2.25. The Labute approximate surface area is 112 Å². The molecular formula is C13H21NO5. The molecule has 0 aromatic heterocycles. The Bertz CT molecular complexity index is 372. The van der Waals surface area contributed by atoms with E-state index in [0.717, 1.165) is 12.8 Å². The van der Waals surface area contributed by atoms with E-state index in [1.807, 2.05) is 0 Å². The molecule has 1 amide bonds. The van der Waals surface area contributed by atoms with E-state index in [9.17, 15) is 14.7 Å². The van der Waals surface area contributed by atoms with Gasteiger partial charge in [-0.1, -0.05) is 6.42 Å². The standard InChI is InChI=1S/C13H21NO5/c1-18-7-10(19-2)11(15)14-6-9-4-3-5-13(9,8-14)12(16)17/h9-10H,3-8H2,1-2H3,(H,16,17)/t9-,10?,13-/m0/s1. The van der Waals surface area contributed by atoms with Crippen molar-refractivity contribution in [1.29, 1.82) is 0 Å². The maximum atomic E-state index is 12.3. The summed E-state index contributed by atoms with van der Waals surface area (Å²) in [4.78, 5) is 25.5. The number of carbonyl (C=O) groups is 2. The van der Waals surface area contributed by atoms with E-state index >= 15 is 0 Å². The normalized spacial score (nSPS) is 31.3. The van der Waals surface area contributed by atoms with Crippen molar-refractivity contribution in [2.24, 2.45) is 11.3 Å². The average molecular weight is 271 g/mol. The Morgan fingerprint density at radius 2 is 2.21 bits per heavy atom. The summed E-state index contributed by atoms with van der Waals surface area (Å²) in [7, 11) is 2.97. The van der Waals surface area contributed by atoms with Gasteiger partial charge < -0.3 is 19.5 Å². The molecule has 1 unspecified atom stereocenters. The Kier molecular flexibility index (Phi) is 4.10. The van der Waals surface area contributed by atoms with Crippen LogP contribution in [0.15, 0.2) is 0 Å². The number of amides is 1. The maximum absolute atomic E-state index is 12.3. The second-order valence-electron chi connectivity index (χ2n) is 5.45. The predicted molar refractivity (Wildman–Crippen MR) is 66.7 cm³/mol. The van der Waals surface area contributed by atoms with E-state index in [1.54, 1.807) is 4.90 Å². The van der Waals surface area contributed by atoms with Gasteiger partial charge in [-0.05, 0) is 18.8 Å². The van der Waals surface area contributed by atoms with Crippen LogP contribution < -0.4 is 0 Å². The zero-order valence-corrected chi connectivity index (χ0v) is 11.4. The average Bonchev–Trinajstić information content (AvgIpc) is 2.92. The molecule has 108 valence electrons. The molecule has 0 spiro atoms. The number of hydrogen-bond acceptors (Lipinski definition) is 4. The lowest BCUT2D eigenvalue weighted by Crippen LogP contribution is -2.43. The zero-order chi connectivity index (χ0) is 14.0. The molecule has 0 bridgehead atoms. The Balaban J connectivity index is 2.09. The van der Waals surface area contributed by atoms with Gasteiger partial charge in [0.15, 0.2) is 6.10 Å². The van der Waals surface area contributed by atoms with Crippen LogP contribution in [0.4, 0.5) is 0 Å². The predicted octanol–water partition coefficient (Wildman–Crippen LogP) is 0.361. The van der Waals surface area contributed by atoms with Gasteiger partial charge in [0.05, 0.1) is 12.0 Å². The number of rotatable bonds is 5. The molecule has 0 aromatic carbocycles. The molecule has 6 nitrogen and oxygen atoms in total. The fourth-order valence-corrected chi connectivity index (χ4v) is 3.40. The van der Waals surface area contributed by atoms with Crippen molar-refractivity contribution < 1.29 is 24.2 Å². The van der Waals surface area contributed by atoms with Gasteiger partial charge in [-0.3, -0.25) is 9.59 Å². The molecule has 1 N–H and O–H groups in total. The highest BCUT2D eigenvalue weighted by Gasteiger charge is 2.56. The molecule has 1 aliphatic carbocycles. The number of carboxylic acid groups (broad SMARTS) is 1. The van der Waals surface area contributed by atoms with Crippen molar-refractivity contribution in [1.82, 2.24) is 4.90 Å². The van der Waals surface area contributed by atoms with Crippen molar-refractivity contribution in [3.05, 3.63) is 0 Å². The highest BCUT2D eigenvalue weighted by molar-refractivity contribution is 5.84. The summed E-state index contributed by atoms with van der Waals surface area (Å²) in [6.07, 6.45) is 1.84. The van der Waals surface area contributed by atoms with Gasteiger partial charge in [-0.15, -0.1) is 0 Å². The largest absolute Gasteiger partial charge is 0.481 e. The van der Waals surface area contributed by atoms with Crippen LogP contribution >= 0.6 is 0 Å². The number of carboxylic acids is 1. The zero-order valence-electron chi connectivity index (χ0n) is 11.4. The van der Waals surface area contributed by atoms with Crippen LogP contribution in [0.1, 0.15) is 19.3 Å². The Morgan fingerprint density at radius 1 is 1.47 bits per heavy atom. The molecule has 6 heteroatoms. The van der Waals surface area contributed by atoms with E-state index in [4.69, 9.17) is 9.47 Å². The molecule has 1 saturated heterocycles. The summed E-state index contributed by atoms with van der Waals surface area (Å²) in [5.41, 5.74) is -0.735. The summed E-state index contributed by atoms with van der Waals surface area (Å²) in [5, 5.41) is 9.48. The van der Waals surface area contributed by atoms with Crippen LogP contribution in [0, 0.1) is 11.3 Å². The maximum Gasteiger partial charge on any atom is 0.311 e. The lowest BCUT2D eigenvalue weighted by atomic mass is 9.81. The molecular weight excluding hydrogens is 250 g/mol. The van der Waals surface area contributed by atoms with E-state index in [1.165, 1.54) is 14.2 Å². The molecule has 0 radical (unpaired) electrons. The molecule has 0 aromatic rings. The van der Waals surface area contributed by atoms with Crippen molar-refractivity contribution >= 4 is 11.9 Å². The molecule has 1 saturated carbocycles. The van der Waals surface area contributed by atoms with Gasteiger partial charge in [0.1, 0.15) is 0 Å². The third-order valence-corrected chi connectivity index (χ3v) is 4.49. The Morgan fingerprint density at radius 3 is 2.74 bits per heavy atom. The molecule has 3 atom stereocenters. The summed E-state index contributed by atoms with van der Waals surface area (Å²) in [6.45, 7) is 1.01. The summed E-state index contributed by atoms with van der Waals surface area (Å²) < 4.78 is 10.1. The smallest absolute Gasteiger partial charge is 0.311 e. The number of likely N-dealkylation sites (tertiary alicyclic amines) is 1. The molecule has 1 aliphatic heterocycles. The summed E-state index contributed by atoms with van der Waals surface area (Å²) >= 11 is 0. The van der Waals surface area contributed by atoms with Crippen molar-refractivity contribution in [3.63, 3.8) is 0 Å². The number of aliphatic carboxylic acids is 1. The number of hydrogen-bond donors (Lipinski definition) is 1. The number of carbonyl (C=O) groups excluding carboxylic acids is 1. The van der Waals surface area contributed by atoms with Crippen LogP contribution in [0.3, 0.4) is 0 Å². The minimum Gasteiger partial charge on any atom is -0.481 e. The van der Waals surface area contributed by atoms with Crippen LogP contribution in [0.25, 0.3) is 0 Å². The molecule has 2 fully saturated rings. The van der Waals surface area contributed by atoms with E-state index in [0.29, 0.717) is 19.5 Å². The van der Waals surface area contributed by atoms with Crippen molar-refractivity contribution in [2.75, 3.05) is 33.9 Å². The number of nitrogens with zero attached hydrogens (tertiary/aromatic N) is 1. The molecule has 19 heavy (non-hydrogen) atoms. The first kappa shape index (κ1) is 14.3. The van der Waals surface area contributed by atoms with Gasteiger partial charge in [-0.2, -0.15) is 0 Å². The number of methoxy groups -OCH3 is 2. The summed E-state index contributed by atoms with van der Waals surface area (Å²) in [5.74, 6) is -0.862. The second kappa shape index (κ2) is 5.46. The van der Waals surface area contributed by atoms with Crippen LogP contribution in [0.2, 0.25) is 0 Å². The third kappa shape index (κ3) is 2.34. The SMILES string of the molecule is COCC(OC)C(=O)N1C[C@@H]2CCC[C@]2(C(=O)O)C1. The van der Waals surface area contributed by atoms with Crippen LogP contribution in [-0.4, -0.2) is 61.9 Å².